The quantitative estimate of drug-likeness (QED) is 0.938. The number of pyridine rings is 1. The van der Waals surface area contributed by atoms with Gasteiger partial charge in [-0.1, -0.05) is 24.3 Å². The SMILES string of the molecule is Cl.NCC1CN(Cc2cccc3cccnc23)CCO1. The van der Waals surface area contributed by atoms with Gasteiger partial charge in [0.2, 0.25) is 0 Å². The molecule has 4 nitrogen and oxygen atoms in total. The van der Waals surface area contributed by atoms with Crippen LogP contribution in [-0.2, 0) is 11.3 Å². The lowest BCUT2D eigenvalue weighted by molar-refractivity contribution is -0.0259. The van der Waals surface area contributed by atoms with E-state index in [4.69, 9.17) is 10.5 Å². The van der Waals surface area contributed by atoms with Gasteiger partial charge in [0.25, 0.3) is 0 Å². The number of para-hydroxylation sites is 1. The molecule has 1 saturated heterocycles. The molecular formula is C15H20ClN3O. The zero-order chi connectivity index (χ0) is 13.1. The number of aromatic nitrogens is 1. The monoisotopic (exact) mass is 293 g/mol. The highest BCUT2D eigenvalue weighted by molar-refractivity contribution is 5.85. The van der Waals surface area contributed by atoms with Crippen LogP contribution in [0.1, 0.15) is 5.56 Å². The van der Waals surface area contributed by atoms with Crippen molar-refractivity contribution in [2.75, 3.05) is 26.2 Å². The van der Waals surface area contributed by atoms with Crippen LogP contribution in [0.3, 0.4) is 0 Å². The van der Waals surface area contributed by atoms with Crippen LogP contribution in [0.4, 0.5) is 0 Å². The zero-order valence-electron chi connectivity index (χ0n) is 11.4. The van der Waals surface area contributed by atoms with Gasteiger partial charge in [0.15, 0.2) is 0 Å². The smallest absolute Gasteiger partial charge is 0.0824 e. The summed E-state index contributed by atoms with van der Waals surface area (Å²) >= 11 is 0. The fourth-order valence-electron chi connectivity index (χ4n) is 2.60. The summed E-state index contributed by atoms with van der Waals surface area (Å²) in [5, 5.41) is 1.20. The summed E-state index contributed by atoms with van der Waals surface area (Å²) in [6, 6.07) is 10.4. The fourth-order valence-corrected chi connectivity index (χ4v) is 2.60. The Morgan fingerprint density at radius 2 is 2.15 bits per heavy atom. The molecule has 0 aliphatic carbocycles. The lowest BCUT2D eigenvalue weighted by Crippen LogP contribution is -2.45. The number of rotatable bonds is 3. The molecule has 1 unspecified atom stereocenters. The van der Waals surface area contributed by atoms with Crippen LogP contribution in [0.2, 0.25) is 0 Å². The van der Waals surface area contributed by atoms with Gasteiger partial charge in [-0.25, -0.2) is 0 Å². The van der Waals surface area contributed by atoms with Gasteiger partial charge in [-0.05, 0) is 11.6 Å². The highest BCUT2D eigenvalue weighted by Gasteiger charge is 2.19. The van der Waals surface area contributed by atoms with Crippen LogP contribution < -0.4 is 5.73 Å². The number of hydrogen-bond acceptors (Lipinski definition) is 4. The lowest BCUT2D eigenvalue weighted by atomic mass is 10.1. The standard InChI is InChI=1S/C15H19N3O.ClH/c16-9-14-11-18(7-8-19-14)10-13-4-1-3-12-5-2-6-17-15(12)13;/h1-6,14H,7-11,16H2;1H. The number of ether oxygens (including phenoxy) is 1. The average molecular weight is 294 g/mol. The van der Waals surface area contributed by atoms with Crippen LogP contribution in [0, 0.1) is 0 Å². The second-order valence-electron chi connectivity index (χ2n) is 4.96. The summed E-state index contributed by atoms with van der Waals surface area (Å²) in [6.07, 6.45) is 2.02. The summed E-state index contributed by atoms with van der Waals surface area (Å²) in [5.41, 5.74) is 8.06. The van der Waals surface area contributed by atoms with Crippen LogP contribution in [0.25, 0.3) is 10.9 Å². The van der Waals surface area contributed by atoms with E-state index in [0.29, 0.717) is 6.54 Å². The zero-order valence-corrected chi connectivity index (χ0v) is 12.2. The predicted octanol–water partition coefficient (Wildman–Crippen LogP) is 1.82. The number of fused-ring (bicyclic) bond motifs is 1. The summed E-state index contributed by atoms with van der Waals surface area (Å²) < 4.78 is 5.60. The van der Waals surface area contributed by atoms with E-state index in [1.165, 1.54) is 10.9 Å². The van der Waals surface area contributed by atoms with Crippen molar-refractivity contribution < 1.29 is 4.74 Å². The van der Waals surface area contributed by atoms with E-state index in [-0.39, 0.29) is 18.5 Å². The van der Waals surface area contributed by atoms with Crippen molar-refractivity contribution in [2.24, 2.45) is 5.73 Å². The highest BCUT2D eigenvalue weighted by Crippen LogP contribution is 2.18. The average Bonchev–Trinajstić information content (AvgIpc) is 2.48. The van der Waals surface area contributed by atoms with Gasteiger partial charge in [0.1, 0.15) is 0 Å². The Morgan fingerprint density at radius 1 is 1.30 bits per heavy atom. The lowest BCUT2D eigenvalue weighted by Gasteiger charge is -2.32. The molecular weight excluding hydrogens is 274 g/mol. The molecule has 1 aromatic heterocycles. The molecule has 1 aliphatic heterocycles. The number of halogens is 1. The molecule has 2 N–H and O–H groups in total. The maximum absolute atomic E-state index is 5.69. The fraction of sp³-hybridized carbons (Fsp3) is 0.400. The molecule has 1 aliphatic rings. The van der Waals surface area contributed by atoms with Crippen LogP contribution in [-0.4, -0.2) is 42.2 Å². The first-order chi connectivity index (χ1) is 9.36. The highest BCUT2D eigenvalue weighted by atomic mass is 35.5. The number of benzene rings is 1. The minimum absolute atomic E-state index is 0. The molecule has 0 amide bonds. The van der Waals surface area contributed by atoms with Gasteiger partial charge in [-0.15, -0.1) is 12.4 Å². The molecule has 3 rings (SSSR count). The van der Waals surface area contributed by atoms with Crippen molar-refractivity contribution in [2.45, 2.75) is 12.6 Å². The minimum Gasteiger partial charge on any atom is -0.374 e. The predicted molar refractivity (Wildman–Crippen MR) is 83.1 cm³/mol. The van der Waals surface area contributed by atoms with Gasteiger partial charge < -0.3 is 10.5 Å². The minimum atomic E-state index is 0. The third-order valence-corrected chi connectivity index (χ3v) is 3.60. The largest absolute Gasteiger partial charge is 0.374 e. The summed E-state index contributed by atoms with van der Waals surface area (Å²) in [4.78, 5) is 6.90. The molecule has 2 heterocycles. The molecule has 1 aromatic carbocycles. The molecule has 0 bridgehead atoms. The van der Waals surface area contributed by atoms with Crippen molar-refractivity contribution in [1.82, 2.24) is 9.88 Å². The molecule has 2 aromatic rings. The second kappa shape index (κ2) is 6.99. The van der Waals surface area contributed by atoms with Crippen molar-refractivity contribution >= 4 is 23.3 Å². The second-order valence-corrected chi connectivity index (χ2v) is 4.96. The van der Waals surface area contributed by atoms with Gasteiger partial charge in [-0.3, -0.25) is 9.88 Å². The van der Waals surface area contributed by atoms with Crippen molar-refractivity contribution in [3.63, 3.8) is 0 Å². The summed E-state index contributed by atoms with van der Waals surface area (Å²) in [7, 11) is 0. The maximum atomic E-state index is 5.69. The van der Waals surface area contributed by atoms with Crippen LogP contribution in [0.5, 0.6) is 0 Å². The Hall–Kier alpha value is -1.20. The topological polar surface area (TPSA) is 51.4 Å². The van der Waals surface area contributed by atoms with Gasteiger partial charge in [0, 0.05) is 37.8 Å². The summed E-state index contributed by atoms with van der Waals surface area (Å²) in [6.45, 7) is 4.12. The molecule has 0 radical (unpaired) electrons. The number of nitrogens with two attached hydrogens (primary N) is 1. The Labute approximate surface area is 125 Å². The van der Waals surface area contributed by atoms with Gasteiger partial charge in [-0.2, -0.15) is 0 Å². The first kappa shape index (κ1) is 15.2. The number of morpholine rings is 1. The third kappa shape index (κ3) is 3.27. The third-order valence-electron chi connectivity index (χ3n) is 3.60. The molecule has 0 saturated carbocycles. The van der Waals surface area contributed by atoms with Crippen molar-refractivity contribution in [3.05, 3.63) is 42.1 Å². The van der Waals surface area contributed by atoms with E-state index in [9.17, 15) is 0 Å². The van der Waals surface area contributed by atoms with Crippen molar-refractivity contribution in [1.29, 1.82) is 0 Å². The maximum Gasteiger partial charge on any atom is 0.0824 e. The van der Waals surface area contributed by atoms with Crippen molar-refractivity contribution in [3.8, 4) is 0 Å². The molecule has 1 fully saturated rings. The molecule has 5 heteroatoms. The Morgan fingerprint density at radius 3 is 3.00 bits per heavy atom. The van der Waals surface area contributed by atoms with E-state index in [2.05, 4.69) is 34.1 Å². The molecule has 20 heavy (non-hydrogen) atoms. The van der Waals surface area contributed by atoms with Crippen LogP contribution in [0.15, 0.2) is 36.5 Å². The van der Waals surface area contributed by atoms with Crippen LogP contribution >= 0.6 is 12.4 Å². The Balaban J connectivity index is 0.00000147. The van der Waals surface area contributed by atoms with E-state index < -0.39 is 0 Å². The van der Waals surface area contributed by atoms with E-state index in [1.54, 1.807) is 0 Å². The summed E-state index contributed by atoms with van der Waals surface area (Å²) in [5.74, 6) is 0. The van der Waals surface area contributed by atoms with Gasteiger partial charge >= 0.3 is 0 Å². The number of nitrogens with zero attached hydrogens (tertiary/aromatic N) is 2. The Bertz CT molecular complexity index is 558. The van der Waals surface area contributed by atoms with E-state index in [0.717, 1.165) is 31.8 Å². The number of hydrogen-bond donors (Lipinski definition) is 1. The van der Waals surface area contributed by atoms with Gasteiger partial charge in [0.05, 0.1) is 18.2 Å². The molecule has 1 atom stereocenters. The molecule has 108 valence electrons. The Kier molecular flexibility index (Phi) is 5.31. The first-order valence-electron chi connectivity index (χ1n) is 6.73. The molecule has 0 spiro atoms. The normalized spacial score (nSPS) is 19.8. The van der Waals surface area contributed by atoms with E-state index in [1.807, 2.05) is 12.3 Å². The first-order valence-corrected chi connectivity index (χ1v) is 6.73. The van der Waals surface area contributed by atoms with E-state index >= 15 is 0 Å².